The monoisotopic (exact) mass is 414 g/mol. The van der Waals surface area contributed by atoms with Crippen molar-refractivity contribution < 1.29 is 38.3 Å². The molecule has 0 saturated carbocycles. The van der Waals surface area contributed by atoms with Gasteiger partial charge in [-0.25, -0.2) is 4.79 Å². The number of benzene rings is 2. The lowest BCUT2D eigenvalue weighted by molar-refractivity contribution is -0.135. The van der Waals surface area contributed by atoms with E-state index in [-0.39, 0.29) is 42.5 Å². The van der Waals surface area contributed by atoms with Crippen LogP contribution in [0.25, 0.3) is 6.08 Å². The molecule has 1 saturated heterocycles. The van der Waals surface area contributed by atoms with Gasteiger partial charge in [-0.15, -0.1) is 0 Å². The van der Waals surface area contributed by atoms with Crippen molar-refractivity contribution in [3.05, 3.63) is 41.0 Å². The maximum absolute atomic E-state index is 12.4. The van der Waals surface area contributed by atoms with Gasteiger partial charge in [-0.05, 0) is 47.9 Å². The first-order valence-corrected chi connectivity index (χ1v) is 9.34. The summed E-state index contributed by atoms with van der Waals surface area (Å²) in [7, 11) is 4.47. The van der Waals surface area contributed by atoms with E-state index in [0.717, 1.165) is 5.56 Å². The first-order valence-electron chi connectivity index (χ1n) is 9.34. The fourth-order valence-corrected chi connectivity index (χ4v) is 3.62. The fraction of sp³-hybridized carbons (Fsp3) is 0.318. The minimum atomic E-state index is -0.376. The molecule has 1 fully saturated rings. The van der Waals surface area contributed by atoms with Gasteiger partial charge in [-0.2, -0.15) is 0 Å². The van der Waals surface area contributed by atoms with E-state index in [2.05, 4.69) is 0 Å². The van der Waals surface area contributed by atoms with Crippen molar-refractivity contribution in [1.29, 1.82) is 0 Å². The van der Waals surface area contributed by atoms with E-state index < -0.39 is 0 Å². The van der Waals surface area contributed by atoms with Crippen LogP contribution in [0.5, 0.6) is 34.5 Å². The van der Waals surface area contributed by atoms with Crippen molar-refractivity contribution in [2.24, 2.45) is 5.92 Å². The molecule has 4 rings (SSSR count). The maximum atomic E-state index is 12.4. The molecule has 8 nitrogen and oxygen atoms in total. The van der Waals surface area contributed by atoms with Crippen LogP contribution in [0.2, 0.25) is 0 Å². The van der Waals surface area contributed by atoms with Crippen molar-refractivity contribution in [2.75, 3.05) is 34.7 Å². The molecule has 1 atom stereocenters. The second-order valence-corrected chi connectivity index (χ2v) is 6.91. The first-order chi connectivity index (χ1) is 14.5. The Morgan fingerprint density at radius 2 is 1.70 bits per heavy atom. The normalized spacial score (nSPS) is 18.4. The Kier molecular flexibility index (Phi) is 5.31. The van der Waals surface area contributed by atoms with Gasteiger partial charge in [-0.1, -0.05) is 0 Å². The van der Waals surface area contributed by atoms with Crippen molar-refractivity contribution in [1.82, 2.24) is 0 Å². The number of methoxy groups -OCH3 is 3. The van der Waals surface area contributed by atoms with Crippen molar-refractivity contribution in [3.63, 3.8) is 0 Å². The zero-order chi connectivity index (χ0) is 21.3. The number of ether oxygens (including phenoxy) is 6. The lowest BCUT2D eigenvalue weighted by atomic mass is 9.92. The van der Waals surface area contributed by atoms with Gasteiger partial charge in [0.1, 0.15) is 0 Å². The molecule has 2 heterocycles. The Morgan fingerprint density at radius 3 is 2.37 bits per heavy atom. The highest BCUT2D eigenvalue weighted by Gasteiger charge is 2.32. The molecule has 0 bridgehead atoms. The molecule has 2 aromatic rings. The highest BCUT2D eigenvalue weighted by molar-refractivity contribution is 5.96. The Morgan fingerprint density at radius 1 is 1.00 bits per heavy atom. The van der Waals surface area contributed by atoms with Crippen LogP contribution in [0.1, 0.15) is 11.1 Å². The topological polar surface area (TPSA) is 92.7 Å². The Labute approximate surface area is 173 Å². The predicted molar refractivity (Wildman–Crippen MR) is 106 cm³/mol. The van der Waals surface area contributed by atoms with E-state index in [4.69, 9.17) is 28.4 Å². The largest absolute Gasteiger partial charge is 0.502 e. The van der Waals surface area contributed by atoms with Gasteiger partial charge in [0.05, 0.1) is 27.9 Å². The average Bonchev–Trinajstić information content (AvgIpc) is 3.36. The van der Waals surface area contributed by atoms with Gasteiger partial charge in [0.25, 0.3) is 0 Å². The van der Waals surface area contributed by atoms with E-state index in [1.54, 1.807) is 25.3 Å². The van der Waals surface area contributed by atoms with Gasteiger partial charge in [0.2, 0.25) is 18.3 Å². The zero-order valence-corrected chi connectivity index (χ0v) is 16.9. The number of phenols is 1. The highest BCUT2D eigenvalue weighted by Crippen LogP contribution is 2.43. The number of carbonyl (C=O) groups is 1. The van der Waals surface area contributed by atoms with Crippen LogP contribution in [0.15, 0.2) is 29.8 Å². The summed E-state index contributed by atoms with van der Waals surface area (Å²) in [6.45, 7) is 0.420. The summed E-state index contributed by atoms with van der Waals surface area (Å²) in [6.07, 6.45) is 2.28. The van der Waals surface area contributed by atoms with Crippen LogP contribution in [0.4, 0.5) is 0 Å². The van der Waals surface area contributed by atoms with Crippen LogP contribution >= 0.6 is 0 Å². The Hall–Kier alpha value is -3.55. The van der Waals surface area contributed by atoms with E-state index in [1.807, 2.05) is 12.1 Å². The molecule has 0 aromatic heterocycles. The molecule has 0 aliphatic carbocycles. The quantitative estimate of drug-likeness (QED) is 0.570. The van der Waals surface area contributed by atoms with Gasteiger partial charge in [0, 0.05) is 11.5 Å². The number of cyclic esters (lactones) is 1. The summed E-state index contributed by atoms with van der Waals surface area (Å²) < 4.78 is 32.0. The summed E-state index contributed by atoms with van der Waals surface area (Å²) >= 11 is 0. The van der Waals surface area contributed by atoms with Gasteiger partial charge >= 0.3 is 5.97 Å². The summed E-state index contributed by atoms with van der Waals surface area (Å²) in [5.74, 6) is 1.66. The summed E-state index contributed by atoms with van der Waals surface area (Å²) in [5.41, 5.74) is 2.12. The van der Waals surface area contributed by atoms with Crippen LogP contribution in [-0.2, 0) is 16.0 Å². The number of hydrogen-bond acceptors (Lipinski definition) is 8. The van der Waals surface area contributed by atoms with Crippen LogP contribution in [-0.4, -0.2) is 45.8 Å². The Bertz CT molecular complexity index is 985. The van der Waals surface area contributed by atoms with E-state index in [1.165, 1.54) is 14.2 Å². The van der Waals surface area contributed by atoms with Crippen LogP contribution in [0.3, 0.4) is 0 Å². The van der Waals surface area contributed by atoms with Gasteiger partial charge in [-0.3, -0.25) is 0 Å². The standard InChI is InChI=1S/C22H22O8/c1-25-16-6-13(7-17(26-2)20(16)23)5-15-14(10-28-22(15)24)4-12-8-18(27-3)21-19(9-12)29-11-30-21/h5-9,14,23H,4,10-11H2,1-3H3/b15-5-/t14-/m1/s1. The predicted octanol–water partition coefficient (Wildman–Crippen LogP) is 2.95. The fourth-order valence-electron chi connectivity index (χ4n) is 3.62. The molecule has 158 valence electrons. The molecular formula is C22H22O8. The molecule has 2 aromatic carbocycles. The third-order valence-electron chi connectivity index (χ3n) is 5.12. The maximum Gasteiger partial charge on any atom is 0.334 e. The SMILES string of the molecule is COc1cc(/C=C2\C(=O)OC[C@H]2Cc2cc(OC)c3c(c2)OCO3)cc(OC)c1O. The minimum absolute atomic E-state index is 0.0971. The Balaban J connectivity index is 1.65. The molecule has 2 aliphatic rings. The summed E-state index contributed by atoms with van der Waals surface area (Å²) in [4.78, 5) is 12.4. The molecule has 30 heavy (non-hydrogen) atoms. The number of carbonyl (C=O) groups excluding carboxylic acids is 1. The third kappa shape index (κ3) is 3.56. The van der Waals surface area contributed by atoms with Crippen LogP contribution in [0, 0.1) is 5.92 Å². The molecule has 0 radical (unpaired) electrons. The molecule has 1 N–H and O–H groups in total. The number of rotatable bonds is 6. The highest BCUT2D eigenvalue weighted by atomic mass is 16.7. The van der Waals surface area contributed by atoms with E-state index >= 15 is 0 Å². The van der Waals surface area contributed by atoms with Crippen LogP contribution < -0.4 is 23.7 Å². The van der Waals surface area contributed by atoms with Gasteiger partial charge in [0.15, 0.2) is 23.0 Å². The van der Waals surface area contributed by atoms with Crippen molar-refractivity contribution >= 4 is 12.0 Å². The molecule has 0 spiro atoms. The molecule has 8 heteroatoms. The number of fused-ring (bicyclic) bond motifs is 1. The lowest BCUT2D eigenvalue weighted by Gasteiger charge is -2.13. The number of aromatic hydroxyl groups is 1. The third-order valence-corrected chi connectivity index (χ3v) is 5.12. The number of hydrogen-bond donors (Lipinski definition) is 1. The zero-order valence-electron chi connectivity index (χ0n) is 16.9. The summed E-state index contributed by atoms with van der Waals surface area (Å²) in [6, 6.07) is 7.03. The molecule has 0 unspecified atom stereocenters. The number of esters is 1. The number of phenolic OH excluding ortho intramolecular Hbond substituents is 1. The molecule has 0 amide bonds. The second kappa shape index (κ2) is 8.06. The smallest absolute Gasteiger partial charge is 0.334 e. The van der Waals surface area contributed by atoms with E-state index in [0.29, 0.717) is 34.8 Å². The minimum Gasteiger partial charge on any atom is -0.502 e. The van der Waals surface area contributed by atoms with E-state index in [9.17, 15) is 9.90 Å². The average molecular weight is 414 g/mol. The van der Waals surface area contributed by atoms with Crippen molar-refractivity contribution in [3.8, 4) is 34.5 Å². The van der Waals surface area contributed by atoms with Crippen molar-refractivity contribution in [2.45, 2.75) is 6.42 Å². The van der Waals surface area contributed by atoms with Gasteiger partial charge < -0.3 is 33.5 Å². The lowest BCUT2D eigenvalue weighted by Crippen LogP contribution is -2.08. The molecule has 2 aliphatic heterocycles. The molecular weight excluding hydrogens is 392 g/mol. The second-order valence-electron chi connectivity index (χ2n) is 6.91. The first kappa shape index (κ1) is 19.8. The summed E-state index contributed by atoms with van der Waals surface area (Å²) in [5, 5.41) is 10.1.